The first-order valence-corrected chi connectivity index (χ1v) is 14.2. The van der Waals surface area contributed by atoms with Crippen molar-refractivity contribution in [3.05, 3.63) is 147 Å². The second-order valence-corrected chi connectivity index (χ2v) is 12.5. The predicted octanol–water partition coefficient (Wildman–Crippen LogP) is 3.98. The minimum atomic E-state index is -2.89. The Balaban J connectivity index is 1.80. The Labute approximate surface area is 217 Å². The van der Waals surface area contributed by atoms with Gasteiger partial charge in [0.1, 0.15) is 0 Å². The molecular formula is C32H24N4Si. The highest BCUT2D eigenvalue weighted by atomic mass is 28.3. The van der Waals surface area contributed by atoms with Crippen LogP contribution in [-0.4, -0.2) is 28.0 Å². The zero-order valence-corrected chi connectivity index (χ0v) is 21.1. The molecule has 0 atom stereocenters. The molecule has 0 spiro atoms. The van der Waals surface area contributed by atoms with Crippen molar-refractivity contribution in [3.8, 4) is 22.3 Å². The molecule has 0 saturated heterocycles. The lowest BCUT2D eigenvalue weighted by molar-refractivity contribution is 1.30. The summed E-state index contributed by atoms with van der Waals surface area (Å²) in [5.74, 6) is 0. The Kier molecular flexibility index (Phi) is 6.19. The molecule has 0 N–H and O–H groups in total. The minimum Gasteiger partial charge on any atom is -0.264 e. The number of hydrogen-bond acceptors (Lipinski definition) is 4. The van der Waals surface area contributed by atoms with Gasteiger partial charge in [0.2, 0.25) is 0 Å². The number of aromatic nitrogens is 4. The van der Waals surface area contributed by atoms with Crippen LogP contribution in [0.15, 0.2) is 147 Å². The summed E-state index contributed by atoms with van der Waals surface area (Å²) in [7, 11) is -2.89. The van der Waals surface area contributed by atoms with E-state index in [2.05, 4.69) is 105 Å². The molecule has 0 radical (unpaired) electrons. The van der Waals surface area contributed by atoms with Crippen molar-refractivity contribution in [1.82, 2.24) is 19.9 Å². The summed E-state index contributed by atoms with van der Waals surface area (Å²) >= 11 is 0. The second-order valence-electron chi connectivity index (χ2n) is 8.81. The summed E-state index contributed by atoms with van der Waals surface area (Å²) in [4.78, 5) is 18.0. The highest BCUT2D eigenvalue weighted by Gasteiger charge is 2.44. The molecule has 0 unspecified atom stereocenters. The fourth-order valence-electron chi connectivity index (χ4n) is 5.26. The number of pyridine rings is 4. The first kappa shape index (κ1) is 22.7. The van der Waals surface area contributed by atoms with Crippen molar-refractivity contribution in [2.75, 3.05) is 0 Å². The molecule has 6 rings (SSSR count). The van der Waals surface area contributed by atoms with E-state index in [-0.39, 0.29) is 0 Å². The van der Waals surface area contributed by atoms with E-state index in [0.717, 1.165) is 22.3 Å². The molecule has 5 heteroatoms. The van der Waals surface area contributed by atoms with Crippen LogP contribution < -0.4 is 20.7 Å². The van der Waals surface area contributed by atoms with Crippen molar-refractivity contribution in [2.45, 2.75) is 0 Å². The summed E-state index contributed by atoms with van der Waals surface area (Å²) < 4.78 is 0. The Morgan fingerprint density at radius 2 is 0.811 bits per heavy atom. The van der Waals surface area contributed by atoms with Gasteiger partial charge >= 0.3 is 0 Å². The van der Waals surface area contributed by atoms with E-state index < -0.39 is 8.07 Å². The third kappa shape index (κ3) is 4.05. The van der Waals surface area contributed by atoms with Gasteiger partial charge in [0.05, 0.1) is 0 Å². The van der Waals surface area contributed by atoms with Gasteiger partial charge in [0.15, 0.2) is 8.07 Å². The normalized spacial score (nSPS) is 11.2. The lowest BCUT2D eigenvalue weighted by Crippen LogP contribution is -2.75. The van der Waals surface area contributed by atoms with Gasteiger partial charge in [-0.05, 0) is 45.0 Å². The standard InChI is InChI=1S/C32H24N4Si/c1-3-11-27(12-4-1)37(28-13-5-2-6-14-28,31-15-19-35-23-29(31)25-9-7-17-33-21-25)32-16-20-36-24-30(32)26-10-8-18-34-22-26/h1-24H. The fourth-order valence-corrected chi connectivity index (χ4v) is 10.4. The number of rotatable bonds is 6. The van der Waals surface area contributed by atoms with E-state index in [1.54, 1.807) is 0 Å². The maximum Gasteiger partial charge on any atom is 0.181 e. The smallest absolute Gasteiger partial charge is 0.181 e. The monoisotopic (exact) mass is 492 g/mol. The van der Waals surface area contributed by atoms with Gasteiger partial charge in [0, 0.05) is 71.8 Å². The summed E-state index contributed by atoms with van der Waals surface area (Å²) in [6, 6.07) is 34.3. The van der Waals surface area contributed by atoms with Gasteiger partial charge in [-0.2, -0.15) is 0 Å². The molecule has 4 nitrogen and oxygen atoms in total. The maximum atomic E-state index is 4.57. The molecule has 2 aromatic carbocycles. The molecule has 0 aliphatic rings. The molecule has 0 saturated carbocycles. The number of benzene rings is 2. The first-order valence-electron chi connectivity index (χ1n) is 12.2. The molecule has 37 heavy (non-hydrogen) atoms. The third-order valence-corrected chi connectivity index (χ3v) is 11.7. The zero-order valence-electron chi connectivity index (χ0n) is 20.1. The Morgan fingerprint density at radius 1 is 0.378 bits per heavy atom. The van der Waals surface area contributed by atoms with Crippen LogP contribution in [0.1, 0.15) is 0 Å². The SMILES string of the molecule is c1ccc([Si](c2ccccc2)(c2ccncc2-c2cccnc2)c2ccncc2-c2cccnc2)cc1. The van der Waals surface area contributed by atoms with Gasteiger partial charge in [0.25, 0.3) is 0 Å². The molecule has 176 valence electrons. The highest BCUT2D eigenvalue weighted by molar-refractivity contribution is 7.20. The van der Waals surface area contributed by atoms with E-state index in [1.165, 1.54) is 20.7 Å². The van der Waals surface area contributed by atoms with Crippen LogP contribution in [0.3, 0.4) is 0 Å². The van der Waals surface area contributed by atoms with Crippen LogP contribution in [0.5, 0.6) is 0 Å². The lowest BCUT2D eigenvalue weighted by Gasteiger charge is -2.37. The second kappa shape index (κ2) is 10.1. The minimum absolute atomic E-state index is 1.05. The molecule has 0 bridgehead atoms. The zero-order chi connectivity index (χ0) is 24.9. The van der Waals surface area contributed by atoms with Crippen molar-refractivity contribution in [1.29, 1.82) is 0 Å². The summed E-state index contributed by atoms with van der Waals surface area (Å²) in [6.07, 6.45) is 15.2. The molecule has 0 aliphatic heterocycles. The average Bonchev–Trinajstić information content (AvgIpc) is 3.00. The van der Waals surface area contributed by atoms with Crippen molar-refractivity contribution in [3.63, 3.8) is 0 Å². The molecule has 4 aromatic heterocycles. The van der Waals surface area contributed by atoms with E-state index >= 15 is 0 Å². The molecule has 4 heterocycles. The largest absolute Gasteiger partial charge is 0.264 e. The Morgan fingerprint density at radius 3 is 1.22 bits per heavy atom. The Hall–Kier alpha value is -4.74. The number of hydrogen-bond donors (Lipinski definition) is 0. The van der Waals surface area contributed by atoms with E-state index in [1.807, 2.05) is 61.7 Å². The van der Waals surface area contributed by atoms with E-state index in [4.69, 9.17) is 0 Å². The van der Waals surface area contributed by atoms with Crippen LogP contribution in [0, 0.1) is 0 Å². The van der Waals surface area contributed by atoms with Crippen LogP contribution >= 0.6 is 0 Å². The third-order valence-electron chi connectivity index (χ3n) is 6.81. The average molecular weight is 493 g/mol. The highest BCUT2D eigenvalue weighted by Crippen LogP contribution is 2.23. The van der Waals surface area contributed by atoms with Crippen molar-refractivity contribution >= 4 is 28.8 Å². The first-order chi connectivity index (χ1) is 18.4. The van der Waals surface area contributed by atoms with Gasteiger partial charge in [-0.15, -0.1) is 0 Å². The topological polar surface area (TPSA) is 51.6 Å². The summed E-state index contributed by atoms with van der Waals surface area (Å²) in [5, 5.41) is 5.08. The quantitative estimate of drug-likeness (QED) is 0.330. The van der Waals surface area contributed by atoms with Gasteiger partial charge in [-0.1, -0.05) is 72.8 Å². The number of nitrogens with zero attached hydrogens (tertiary/aromatic N) is 4. The van der Waals surface area contributed by atoms with Crippen LogP contribution in [-0.2, 0) is 0 Å². The van der Waals surface area contributed by atoms with Crippen LogP contribution in [0.25, 0.3) is 22.3 Å². The van der Waals surface area contributed by atoms with Gasteiger partial charge in [-0.25, -0.2) is 0 Å². The molecule has 0 aliphatic carbocycles. The lowest BCUT2D eigenvalue weighted by atomic mass is 10.1. The van der Waals surface area contributed by atoms with E-state index in [0.29, 0.717) is 0 Å². The van der Waals surface area contributed by atoms with Gasteiger partial charge < -0.3 is 0 Å². The summed E-state index contributed by atoms with van der Waals surface area (Å²) in [6.45, 7) is 0. The van der Waals surface area contributed by atoms with Gasteiger partial charge in [-0.3, -0.25) is 19.9 Å². The molecule has 0 fully saturated rings. The Bertz CT molecular complexity index is 1480. The molecule has 6 aromatic rings. The maximum absolute atomic E-state index is 4.57. The van der Waals surface area contributed by atoms with Crippen molar-refractivity contribution < 1.29 is 0 Å². The van der Waals surface area contributed by atoms with Crippen molar-refractivity contribution in [2.24, 2.45) is 0 Å². The molecule has 0 amide bonds. The molecular weight excluding hydrogens is 468 g/mol. The fraction of sp³-hybridized carbons (Fsp3) is 0. The van der Waals surface area contributed by atoms with Crippen LogP contribution in [0.2, 0.25) is 0 Å². The van der Waals surface area contributed by atoms with Crippen LogP contribution in [0.4, 0.5) is 0 Å². The summed E-state index contributed by atoms with van der Waals surface area (Å²) in [5.41, 5.74) is 4.27. The predicted molar refractivity (Wildman–Crippen MR) is 152 cm³/mol. The van der Waals surface area contributed by atoms with E-state index in [9.17, 15) is 0 Å².